The second-order valence-electron chi connectivity index (χ2n) is 5.21. The summed E-state index contributed by atoms with van der Waals surface area (Å²) in [7, 11) is 1.76. The molecule has 3 heteroatoms. The summed E-state index contributed by atoms with van der Waals surface area (Å²) in [5.74, 6) is 0.625. The molecule has 0 aliphatic rings. The Kier molecular flexibility index (Phi) is 8.02. The number of hydrogen-bond acceptors (Lipinski definition) is 3. The summed E-state index contributed by atoms with van der Waals surface area (Å²) >= 11 is 0. The number of ether oxygens (including phenoxy) is 1. The van der Waals surface area contributed by atoms with Crippen LogP contribution in [0, 0.1) is 11.3 Å². The second-order valence-corrected chi connectivity index (χ2v) is 5.21. The molecular weight excluding hydrogens is 188 g/mol. The molecule has 0 aromatic heterocycles. The van der Waals surface area contributed by atoms with Crippen LogP contribution in [0.4, 0.5) is 0 Å². The zero-order chi connectivity index (χ0) is 11.7. The third kappa shape index (κ3) is 8.85. The van der Waals surface area contributed by atoms with Gasteiger partial charge in [-0.25, -0.2) is 0 Å². The molecule has 3 N–H and O–H groups in total. The molecule has 0 amide bonds. The molecule has 0 aromatic rings. The van der Waals surface area contributed by atoms with E-state index >= 15 is 0 Å². The van der Waals surface area contributed by atoms with E-state index in [9.17, 15) is 0 Å². The van der Waals surface area contributed by atoms with Gasteiger partial charge in [-0.05, 0) is 37.3 Å². The fraction of sp³-hybridized carbons (Fsp3) is 1.00. The quantitative estimate of drug-likeness (QED) is 0.576. The number of methoxy groups -OCH3 is 1. The molecular formula is C12H28N2O. The predicted molar refractivity (Wildman–Crippen MR) is 66.0 cm³/mol. The summed E-state index contributed by atoms with van der Waals surface area (Å²) in [6.07, 6.45) is 2.26. The van der Waals surface area contributed by atoms with Crippen LogP contribution in [0.3, 0.4) is 0 Å². The Hall–Kier alpha value is -0.120. The van der Waals surface area contributed by atoms with Gasteiger partial charge in [0.25, 0.3) is 0 Å². The van der Waals surface area contributed by atoms with E-state index in [1.165, 1.54) is 0 Å². The lowest BCUT2D eigenvalue weighted by molar-refractivity contribution is 0.150. The Morgan fingerprint density at radius 1 is 1.40 bits per heavy atom. The third-order valence-electron chi connectivity index (χ3n) is 2.80. The van der Waals surface area contributed by atoms with E-state index in [4.69, 9.17) is 10.5 Å². The highest BCUT2D eigenvalue weighted by Gasteiger charge is 2.16. The molecule has 0 saturated heterocycles. The molecule has 1 atom stereocenters. The number of nitrogens with one attached hydrogen (secondary N) is 1. The van der Waals surface area contributed by atoms with Gasteiger partial charge in [-0.2, -0.15) is 0 Å². The van der Waals surface area contributed by atoms with Gasteiger partial charge < -0.3 is 15.8 Å². The molecule has 3 nitrogen and oxygen atoms in total. The van der Waals surface area contributed by atoms with Gasteiger partial charge in [0, 0.05) is 20.3 Å². The van der Waals surface area contributed by atoms with Crippen LogP contribution in [0.2, 0.25) is 0 Å². The van der Waals surface area contributed by atoms with Crippen molar-refractivity contribution in [1.82, 2.24) is 5.32 Å². The summed E-state index contributed by atoms with van der Waals surface area (Å²) < 4.78 is 5.10. The molecule has 15 heavy (non-hydrogen) atoms. The molecule has 0 radical (unpaired) electrons. The van der Waals surface area contributed by atoms with Crippen LogP contribution in [0.1, 0.15) is 33.6 Å². The molecule has 0 rings (SSSR count). The Morgan fingerprint density at radius 3 is 2.60 bits per heavy atom. The van der Waals surface area contributed by atoms with Crippen LogP contribution >= 0.6 is 0 Å². The van der Waals surface area contributed by atoms with Crippen molar-refractivity contribution >= 4 is 0 Å². The smallest absolute Gasteiger partial charge is 0.0467 e. The molecule has 0 spiro atoms. The van der Waals surface area contributed by atoms with Crippen molar-refractivity contribution in [3.8, 4) is 0 Å². The Balaban J connectivity index is 3.48. The van der Waals surface area contributed by atoms with E-state index in [-0.39, 0.29) is 0 Å². The molecule has 1 unspecified atom stereocenters. The zero-order valence-corrected chi connectivity index (χ0v) is 10.8. The van der Waals surface area contributed by atoms with Gasteiger partial charge in [-0.3, -0.25) is 0 Å². The summed E-state index contributed by atoms with van der Waals surface area (Å²) in [6.45, 7) is 10.5. The SMILES string of the molecule is COCCC(C)(C)CNCCC(C)CN. The molecule has 0 aromatic carbocycles. The molecule has 0 bridgehead atoms. The highest BCUT2D eigenvalue weighted by atomic mass is 16.5. The van der Waals surface area contributed by atoms with Gasteiger partial charge in [0.1, 0.15) is 0 Å². The fourth-order valence-corrected chi connectivity index (χ4v) is 1.36. The Labute approximate surface area is 94.8 Å². The van der Waals surface area contributed by atoms with Crippen molar-refractivity contribution in [1.29, 1.82) is 0 Å². The molecule has 0 heterocycles. The molecule has 0 fully saturated rings. The summed E-state index contributed by atoms with van der Waals surface area (Å²) in [6, 6.07) is 0. The minimum atomic E-state index is 0.321. The van der Waals surface area contributed by atoms with Gasteiger partial charge in [-0.15, -0.1) is 0 Å². The average molecular weight is 216 g/mol. The first-order valence-electron chi connectivity index (χ1n) is 5.91. The number of hydrogen-bond donors (Lipinski definition) is 2. The van der Waals surface area contributed by atoms with Crippen LogP contribution in [-0.4, -0.2) is 33.4 Å². The van der Waals surface area contributed by atoms with Crippen LogP contribution in [0.5, 0.6) is 0 Å². The fourth-order valence-electron chi connectivity index (χ4n) is 1.36. The number of rotatable bonds is 9. The van der Waals surface area contributed by atoms with E-state index in [1.54, 1.807) is 7.11 Å². The van der Waals surface area contributed by atoms with Crippen LogP contribution in [0.15, 0.2) is 0 Å². The molecule has 92 valence electrons. The van der Waals surface area contributed by atoms with Crippen molar-refractivity contribution in [3.63, 3.8) is 0 Å². The zero-order valence-electron chi connectivity index (χ0n) is 10.8. The minimum absolute atomic E-state index is 0.321. The van der Waals surface area contributed by atoms with E-state index in [0.717, 1.165) is 39.1 Å². The lowest BCUT2D eigenvalue weighted by Gasteiger charge is -2.25. The molecule has 0 aliphatic carbocycles. The summed E-state index contributed by atoms with van der Waals surface area (Å²) in [4.78, 5) is 0. The first-order valence-corrected chi connectivity index (χ1v) is 5.91. The first kappa shape index (κ1) is 14.9. The minimum Gasteiger partial charge on any atom is -0.385 e. The molecule has 0 saturated carbocycles. The average Bonchev–Trinajstić information content (AvgIpc) is 2.21. The van der Waals surface area contributed by atoms with Crippen molar-refractivity contribution in [2.45, 2.75) is 33.6 Å². The third-order valence-corrected chi connectivity index (χ3v) is 2.80. The summed E-state index contributed by atoms with van der Waals surface area (Å²) in [5, 5.41) is 3.49. The van der Waals surface area contributed by atoms with Crippen LogP contribution < -0.4 is 11.1 Å². The lowest BCUT2D eigenvalue weighted by atomic mass is 9.89. The first-order chi connectivity index (χ1) is 7.02. The summed E-state index contributed by atoms with van der Waals surface area (Å²) in [5.41, 5.74) is 5.88. The van der Waals surface area contributed by atoms with Crippen molar-refractivity contribution in [3.05, 3.63) is 0 Å². The van der Waals surface area contributed by atoms with Crippen molar-refractivity contribution in [2.24, 2.45) is 17.1 Å². The standard InChI is InChI=1S/C12H28N2O/c1-11(9-13)5-7-14-10-12(2,3)6-8-15-4/h11,14H,5-10,13H2,1-4H3. The molecule has 0 aliphatic heterocycles. The Bertz CT molecular complexity index is 149. The normalized spacial score (nSPS) is 14.2. The maximum absolute atomic E-state index is 5.56. The maximum atomic E-state index is 5.56. The highest BCUT2D eigenvalue weighted by Crippen LogP contribution is 2.18. The monoisotopic (exact) mass is 216 g/mol. The van der Waals surface area contributed by atoms with Crippen LogP contribution in [0.25, 0.3) is 0 Å². The lowest BCUT2D eigenvalue weighted by Crippen LogP contribution is -2.32. The Morgan fingerprint density at radius 2 is 2.07 bits per heavy atom. The predicted octanol–water partition coefficient (Wildman–Crippen LogP) is 1.62. The van der Waals surface area contributed by atoms with E-state index in [0.29, 0.717) is 11.3 Å². The topological polar surface area (TPSA) is 47.3 Å². The maximum Gasteiger partial charge on any atom is 0.0467 e. The van der Waals surface area contributed by atoms with E-state index in [2.05, 4.69) is 26.1 Å². The van der Waals surface area contributed by atoms with Gasteiger partial charge in [0.15, 0.2) is 0 Å². The van der Waals surface area contributed by atoms with Gasteiger partial charge in [0.2, 0.25) is 0 Å². The van der Waals surface area contributed by atoms with Crippen molar-refractivity contribution in [2.75, 3.05) is 33.4 Å². The van der Waals surface area contributed by atoms with E-state index in [1.807, 2.05) is 0 Å². The van der Waals surface area contributed by atoms with E-state index < -0.39 is 0 Å². The van der Waals surface area contributed by atoms with Crippen LogP contribution in [-0.2, 0) is 4.74 Å². The van der Waals surface area contributed by atoms with Crippen molar-refractivity contribution < 1.29 is 4.74 Å². The van der Waals surface area contributed by atoms with Gasteiger partial charge in [-0.1, -0.05) is 20.8 Å². The largest absolute Gasteiger partial charge is 0.385 e. The van der Waals surface area contributed by atoms with Gasteiger partial charge in [0.05, 0.1) is 0 Å². The highest BCUT2D eigenvalue weighted by molar-refractivity contribution is 4.71. The second kappa shape index (κ2) is 8.08. The number of nitrogens with two attached hydrogens (primary N) is 1. The van der Waals surface area contributed by atoms with Gasteiger partial charge >= 0.3 is 0 Å².